The smallest absolute Gasteiger partial charge is 0.115 e. The highest BCUT2D eigenvalue weighted by Gasteiger charge is 2.23. The Morgan fingerprint density at radius 2 is 1.80 bits per heavy atom. The van der Waals surface area contributed by atoms with Crippen LogP contribution in [0.3, 0.4) is 0 Å². The van der Waals surface area contributed by atoms with Crippen LogP contribution in [0.15, 0.2) is 24.3 Å². The van der Waals surface area contributed by atoms with Crippen molar-refractivity contribution in [1.29, 1.82) is 0 Å². The van der Waals surface area contributed by atoms with Crippen LogP contribution in [-0.2, 0) is 0 Å². The molecule has 20 heavy (non-hydrogen) atoms. The Bertz CT molecular complexity index is 381. The van der Waals surface area contributed by atoms with Crippen molar-refractivity contribution in [3.05, 3.63) is 24.3 Å². The lowest BCUT2D eigenvalue weighted by Crippen LogP contribution is -2.42. The normalized spacial score (nSPS) is 13.2. The summed E-state index contributed by atoms with van der Waals surface area (Å²) in [5.41, 5.74) is 1.41. The molecule has 0 fully saturated rings. The van der Waals surface area contributed by atoms with E-state index in [9.17, 15) is 5.11 Å². The van der Waals surface area contributed by atoms with E-state index in [1.165, 1.54) is 6.42 Å². The molecule has 1 aromatic carbocycles. The molecule has 0 aliphatic heterocycles. The van der Waals surface area contributed by atoms with Gasteiger partial charge in [-0.2, -0.15) is 0 Å². The second-order valence-electron chi connectivity index (χ2n) is 6.60. The van der Waals surface area contributed by atoms with Crippen molar-refractivity contribution in [2.75, 3.05) is 25.0 Å². The number of benzene rings is 1. The zero-order chi connectivity index (χ0) is 15.2. The van der Waals surface area contributed by atoms with Gasteiger partial charge >= 0.3 is 0 Å². The minimum Gasteiger partial charge on any atom is -0.508 e. The monoisotopic (exact) mass is 278 g/mol. The van der Waals surface area contributed by atoms with Crippen molar-refractivity contribution in [2.24, 2.45) is 5.41 Å². The third-order valence-electron chi connectivity index (χ3n) is 3.73. The molecule has 0 spiro atoms. The number of anilines is 1. The van der Waals surface area contributed by atoms with E-state index in [1.54, 1.807) is 12.1 Å². The van der Waals surface area contributed by atoms with Crippen molar-refractivity contribution in [3.63, 3.8) is 0 Å². The van der Waals surface area contributed by atoms with Crippen molar-refractivity contribution in [2.45, 2.75) is 46.6 Å². The molecule has 0 saturated heterocycles. The number of hydrogen-bond acceptors (Lipinski definition) is 3. The van der Waals surface area contributed by atoms with Gasteiger partial charge in [-0.15, -0.1) is 0 Å². The number of aromatic hydroxyl groups is 1. The van der Waals surface area contributed by atoms with Gasteiger partial charge in [0.15, 0.2) is 0 Å². The highest BCUT2D eigenvalue weighted by atomic mass is 16.3. The summed E-state index contributed by atoms with van der Waals surface area (Å²) < 4.78 is 0. The highest BCUT2D eigenvalue weighted by molar-refractivity contribution is 5.47. The maximum atomic E-state index is 9.33. The van der Waals surface area contributed by atoms with Crippen LogP contribution in [0, 0.1) is 5.41 Å². The van der Waals surface area contributed by atoms with E-state index in [2.05, 4.69) is 45.0 Å². The molecule has 2 N–H and O–H groups in total. The van der Waals surface area contributed by atoms with Gasteiger partial charge < -0.3 is 15.3 Å². The number of nitrogens with zero attached hydrogens (tertiary/aromatic N) is 1. The second-order valence-corrected chi connectivity index (χ2v) is 6.60. The molecule has 1 atom stereocenters. The molecule has 3 nitrogen and oxygen atoms in total. The Labute approximate surface area is 124 Å². The summed E-state index contributed by atoms with van der Waals surface area (Å²) >= 11 is 0. The van der Waals surface area contributed by atoms with Crippen LogP contribution < -0.4 is 10.2 Å². The topological polar surface area (TPSA) is 35.5 Å². The van der Waals surface area contributed by atoms with Crippen LogP contribution in [-0.4, -0.2) is 31.3 Å². The maximum absolute atomic E-state index is 9.33. The van der Waals surface area contributed by atoms with Crippen molar-refractivity contribution < 1.29 is 5.11 Å². The van der Waals surface area contributed by atoms with Gasteiger partial charge in [0.05, 0.1) is 0 Å². The molecule has 1 rings (SSSR count). The Morgan fingerprint density at radius 3 is 2.30 bits per heavy atom. The first-order valence-electron chi connectivity index (χ1n) is 7.58. The third kappa shape index (κ3) is 5.41. The summed E-state index contributed by atoms with van der Waals surface area (Å²) in [6, 6.07) is 7.91. The van der Waals surface area contributed by atoms with Gasteiger partial charge in [0.2, 0.25) is 0 Å². The first-order valence-corrected chi connectivity index (χ1v) is 7.58. The second kappa shape index (κ2) is 7.53. The van der Waals surface area contributed by atoms with E-state index in [-0.39, 0.29) is 5.41 Å². The van der Waals surface area contributed by atoms with Crippen LogP contribution >= 0.6 is 0 Å². The number of phenolic OH excluding ortho intramolecular Hbond substituents is 1. The third-order valence-corrected chi connectivity index (χ3v) is 3.73. The van der Waals surface area contributed by atoms with Crippen LogP contribution in [0.4, 0.5) is 5.69 Å². The van der Waals surface area contributed by atoms with E-state index in [1.807, 2.05) is 12.1 Å². The Morgan fingerprint density at radius 1 is 1.20 bits per heavy atom. The summed E-state index contributed by atoms with van der Waals surface area (Å²) in [6.07, 6.45) is 2.28. The molecule has 0 aliphatic carbocycles. The van der Waals surface area contributed by atoms with Crippen LogP contribution in [0.2, 0.25) is 0 Å². The molecule has 0 bridgehead atoms. The Hall–Kier alpha value is -1.22. The lowest BCUT2D eigenvalue weighted by molar-refractivity contribution is 0.257. The van der Waals surface area contributed by atoms with Gasteiger partial charge in [-0.25, -0.2) is 0 Å². The minimum atomic E-state index is 0.269. The van der Waals surface area contributed by atoms with E-state index >= 15 is 0 Å². The molecular weight excluding hydrogens is 248 g/mol. The first kappa shape index (κ1) is 16.8. The lowest BCUT2D eigenvalue weighted by atomic mass is 9.84. The van der Waals surface area contributed by atoms with Crippen LogP contribution in [0.1, 0.15) is 40.5 Å². The maximum Gasteiger partial charge on any atom is 0.115 e. The summed E-state index contributed by atoms with van der Waals surface area (Å²) in [7, 11) is 2.10. The standard InChI is InChI=1S/C17H30N2O/c1-6-12-18-16(17(2,3)4)11-13-19(5)14-7-9-15(20)10-8-14/h7-10,16,18,20H,6,11-13H2,1-5H3. The zero-order valence-electron chi connectivity index (χ0n) is 13.6. The molecule has 3 heteroatoms. The molecule has 0 aromatic heterocycles. The van der Waals surface area contributed by atoms with Crippen molar-refractivity contribution in [1.82, 2.24) is 5.32 Å². The molecule has 0 heterocycles. The fourth-order valence-corrected chi connectivity index (χ4v) is 2.32. The number of rotatable bonds is 7. The highest BCUT2D eigenvalue weighted by Crippen LogP contribution is 2.23. The predicted molar refractivity (Wildman–Crippen MR) is 87.5 cm³/mol. The van der Waals surface area contributed by atoms with Gasteiger partial charge in [-0.05, 0) is 49.1 Å². The molecular formula is C17H30N2O. The lowest BCUT2D eigenvalue weighted by Gasteiger charge is -2.33. The van der Waals surface area contributed by atoms with Crippen LogP contribution in [0.5, 0.6) is 5.75 Å². The fourth-order valence-electron chi connectivity index (χ4n) is 2.32. The molecule has 0 amide bonds. The number of nitrogens with one attached hydrogen (secondary N) is 1. The Kier molecular flexibility index (Phi) is 6.34. The molecule has 0 saturated carbocycles. The Balaban J connectivity index is 2.55. The largest absolute Gasteiger partial charge is 0.508 e. The minimum absolute atomic E-state index is 0.269. The molecule has 1 aromatic rings. The quantitative estimate of drug-likeness (QED) is 0.799. The first-order chi connectivity index (χ1) is 9.34. The summed E-state index contributed by atoms with van der Waals surface area (Å²) in [4.78, 5) is 2.24. The average Bonchev–Trinajstić information content (AvgIpc) is 2.37. The van der Waals surface area contributed by atoms with Gasteiger partial charge in [0, 0.05) is 25.3 Å². The van der Waals surface area contributed by atoms with Crippen molar-refractivity contribution >= 4 is 5.69 Å². The van der Waals surface area contributed by atoms with E-state index < -0.39 is 0 Å². The summed E-state index contributed by atoms with van der Waals surface area (Å²) in [5.74, 6) is 0.319. The number of hydrogen-bond donors (Lipinski definition) is 2. The van der Waals surface area contributed by atoms with E-state index in [4.69, 9.17) is 0 Å². The van der Waals surface area contributed by atoms with Gasteiger partial charge in [-0.3, -0.25) is 0 Å². The van der Waals surface area contributed by atoms with Gasteiger partial charge in [-0.1, -0.05) is 27.7 Å². The summed E-state index contributed by atoms with van der Waals surface area (Å²) in [5, 5.41) is 13.0. The van der Waals surface area contributed by atoms with Crippen molar-refractivity contribution in [3.8, 4) is 5.75 Å². The SMILES string of the molecule is CCCNC(CCN(C)c1ccc(O)cc1)C(C)(C)C. The van der Waals surface area contributed by atoms with Gasteiger partial charge in [0.1, 0.15) is 5.75 Å². The van der Waals surface area contributed by atoms with Crippen LogP contribution in [0.25, 0.3) is 0 Å². The van der Waals surface area contributed by atoms with E-state index in [0.29, 0.717) is 11.8 Å². The molecule has 0 aliphatic rings. The fraction of sp³-hybridized carbons (Fsp3) is 0.647. The molecule has 114 valence electrons. The van der Waals surface area contributed by atoms with Gasteiger partial charge in [0.25, 0.3) is 0 Å². The molecule has 0 radical (unpaired) electrons. The van der Waals surface area contributed by atoms with E-state index in [0.717, 1.165) is 25.2 Å². The summed E-state index contributed by atoms with van der Waals surface area (Å²) in [6.45, 7) is 11.2. The molecule has 1 unspecified atom stereocenters. The predicted octanol–water partition coefficient (Wildman–Crippen LogP) is 3.63. The number of phenols is 1. The zero-order valence-corrected chi connectivity index (χ0v) is 13.6. The average molecular weight is 278 g/mol.